The van der Waals surface area contributed by atoms with Gasteiger partial charge in [-0.3, -0.25) is 4.79 Å². The van der Waals surface area contributed by atoms with Crippen LogP contribution in [0.1, 0.15) is 18.5 Å². The van der Waals surface area contributed by atoms with E-state index in [0.717, 1.165) is 5.56 Å². The number of rotatable bonds is 3. The molecule has 3 N–H and O–H groups in total. The van der Waals surface area contributed by atoms with Crippen molar-refractivity contribution in [2.75, 3.05) is 6.54 Å². The molecule has 0 saturated heterocycles. The quantitative estimate of drug-likeness (QED) is 0.720. The number of likely N-dealkylation sites (N-methyl/N-ethyl adjacent to an activating group) is 1. The summed E-state index contributed by atoms with van der Waals surface area (Å²) in [4.78, 5) is 11.3. The average molecular weight is 178 g/mol. The molecule has 0 radical (unpaired) electrons. The molecule has 0 heterocycles. The minimum atomic E-state index is -0.554. The number of amides is 1. The average Bonchev–Trinajstić information content (AvgIpc) is 2.18. The van der Waals surface area contributed by atoms with Crippen LogP contribution in [-0.2, 0) is 4.79 Å². The van der Waals surface area contributed by atoms with Crippen molar-refractivity contribution in [1.82, 2.24) is 5.32 Å². The van der Waals surface area contributed by atoms with Crippen LogP contribution in [0.4, 0.5) is 0 Å². The van der Waals surface area contributed by atoms with Crippen LogP contribution in [0.3, 0.4) is 0 Å². The Balaban J connectivity index is 2.68. The lowest BCUT2D eigenvalue weighted by molar-refractivity contribution is -0.122. The maximum atomic E-state index is 11.3. The SMILES string of the molecule is CCNC(=O)[C@@H](N)c1ccccc1. The van der Waals surface area contributed by atoms with Crippen LogP contribution in [0.15, 0.2) is 30.3 Å². The predicted octanol–water partition coefficient (Wildman–Crippen LogP) is 0.823. The molecule has 3 nitrogen and oxygen atoms in total. The molecule has 1 aromatic carbocycles. The molecular formula is C10H14N2O. The molecule has 1 rings (SSSR count). The van der Waals surface area contributed by atoms with Crippen molar-refractivity contribution < 1.29 is 4.79 Å². The molecule has 0 aromatic heterocycles. The second-order valence-electron chi connectivity index (χ2n) is 2.78. The van der Waals surface area contributed by atoms with Crippen molar-refractivity contribution in [2.24, 2.45) is 5.73 Å². The van der Waals surface area contributed by atoms with E-state index in [0.29, 0.717) is 6.54 Å². The second-order valence-corrected chi connectivity index (χ2v) is 2.78. The maximum absolute atomic E-state index is 11.3. The summed E-state index contributed by atoms with van der Waals surface area (Å²) < 4.78 is 0. The lowest BCUT2D eigenvalue weighted by atomic mass is 10.1. The van der Waals surface area contributed by atoms with E-state index in [-0.39, 0.29) is 5.91 Å². The number of nitrogens with one attached hydrogen (secondary N) is 1. The number of benzene rings is 1. The van der Waals surface area contributed by atoms with Gasteiger partial charge < -0.3 is 11.1 Å². The van der Waals surface area contributed by atoms with E-state index in [9.17, 15) is 4.79 Å². The molecule has 0 bridgehead atoms. The van der Waals surface area contributed by atoms with E-state index in [2.05, 4.69) is 5.32 Å². The molecule has 0 fully saturated rings. The van der Waals surface area contributed by atoms with Crippen molar-refractivity contribution in [3.05, 3.63) is 35.9 Å². The Hall–Kier alpha value is -1.35. The smallest absolute Gasteiger partial charge is 0.241 e. The molecule has 1 atom stereocenters. The zero-order valence-corrected chi connectivity index (χ0v) is 7.66. The molecule has 0 aliphatic rings. The Morgan fingerprint density at radius 2 is 2.08 bits per heavy atom. The van der Waals surface area contributed by atoms with Gasteiger partial charge in [-0.1, -0.05) is 30.3 Å². The fraction of sp³-hybridized carbons (Fsp3) is 0.300. The van der Waals surface area contributed by atoms with Gasteiger partial charge >= 0.3 is 0 Å². The highest BCUT2D eigenvalue weighted by atomic mass is 16.2. The second kappa shape index (κ2) is 4.62. The molecule has 3 heteroatoms. The largest absolute Gasteiger partial charge is 0.355 e. The zero-order chi connectivity index (χ0) is 9.68. The number of carbonyl (C=O) groups excluding carboxylic acids is 1. The van der Waals surface area contributed by atoms with Gasteiger partial charge in [0.1, 0.15) is 6.04 Å². The van der Waals surface area contributed by atoms with Crippen LogP contribution in [0.5, 0.6) is 0 Å². The fourth-order valence-corrected chi connectivity index (χ4v) is 1.10. The molecular weight excluding hydrogens is 164 g/mol. The third kappa shape index (κ3) is 2.56. The Morgan fingerprint density at radius 1 is 1.46 bits per heavy atom. The van der Waals surface area contributed by atoms with Crippen molar-refractivity contribution >= 4 is 5.91 Å². The summed E-state index contributed by atoms with van der Waals surface area (Å²) in [6, 6.07) is 8.78. The van der Waals surface area contributed by atoms with Crippen molar-refractivity contribution in [1.29, 1.82) is 0 Å². The van der Waals surface area contributed by atoms with E-state index < -0.39 is 6.04 Å². The van der Waals surface area contributed by atoms with E-state index in [1.165, 1.54) is 0 Å². The van der Waals surface area contributed by atoms with Crippen LogP contribution in [0, 0.1) is 0 Å². The Kier molecular flexibility index (Phi) is 3.46. The fourth-order valence-electron chi connectivity index (χ4n) is 1.10. The van der Waals surface area contributed by atoms with Gasteiger partial charge in [-0.25, -0.2) is 0 Å². The van der Waals surface area contributed by atoms with E-state index in [1.54, 1.807) is 0 Å². The summed E-state index contributed by atoms with van der Waals surface area (Å²) in [5.41, 5.74) is 6.55. The molecule has 70 valence electrons. The van der Waals surface area contributed by atoms with E-state index >= 15 is 0 Å². The third-order valence-corrected chi connectivity index (χ3v) is 1.79. The molecule has 0 aliphatic heterocycles. The van der Waals surface area contributed by atoms with Crippen LogP contribution in [-0.4, -0.2) is 12.5 Å². The number of hydrogen-bond acceptors (Lipinski definition) is 2. The van der Waals surface area contributed by atoms with Gasteiger partial charge in [0, 0.05) is 6.54 Å². The van der Waals surface area contributed by atoms with Crippen molar-refractivity contribution in [3.63, 3.8) is 0 Å². The Morgan fingerprint density at radius 3 is 2.62 bits per heavy atom. The maximum Gasteiger partial charge on any atom is 0.241 e. The summed E-state index contributed by atoms with van der Waals surface area (Å²) in [5, 5.41) is 2.68. The molecule has 0 spiro atoms. The van der Waals surface area contributed by atoms with Crippen LogP contribution in [0.2, 0.25) is 0 Å². The first-order chi connectivity index (χ1) is 6.25. The summed E-state index contributed by atoms with van der Waals surface area (Å²) in [7, 11) is 0. The van der Waals surface area contributed by atoms with E-state index in [4.69, 9.17) is 5.73 Å². The first-order valence-electron chi connectivity index (χ1n) is 4.34. The van der Waals surface area contributed by atoms with Crippen LogP contribution >= 0.6 is 0 Å². The minimum Gasteiger partial charge on any atom is -0.355 e. The van der Waals surface area contributed by atoms with Crippen LogP contribution in [0.25, 0.3) is 0 Å². The predicted molar refractivity (Wildman–Crippen MR) is 52.1 cm³/mol. The number of nitrogens with two attached hydrogens (primary N) is 1. The third-order valence-electron chi connectivity index (χ3n) is 1.79. The molecule has 0 unspecified atom stereocenters. The molecule has 1 aromatic rings. The van der Waals surface area contributed by atoms with Crippen molar-refractivity contribution in [2.45, 2.75) is 13.0 Å². The lowest BCUT2D eigenvalue weighted by Crippen LogP contribution is -2.33. The Labute approximate surface area is 77.9 Å². The zero-order valence-electron chi connectivity index (χ0n) is 7.66. The van der Waals surface area contributed by atoms with Gasteiger partial charge in [0.15, 0.2) is 0 Å². The standard InChI is InChI=1S/C10H14N2O/c1-2-12-10(13)9(11)8-6-4-3-5-7-8/h3-7,9H,2,11H2,1H3,(H,12,13)/t9-/m0/s1. The highest BCUT2D eigenvalue weighted by Gasteiger charge is 2.13. The monoisotopic (exact) mass is 178 g/mol. The van der Waals surface area contributed by atoms with Gasteiger partial charge in [-0.05, 0) is 12.5 Å². The number of carbonyl (C=O) groups is 1. The topological polar surface area (TPSA) is 55.1 Å². The molecule has 13 heavy (non-hydrogen) atoms. The van der Waals surface area contributed by atoms with Crippen LogP contribution < -0.4 is 11.1 Å². The van der Waals surface area contributed by atoms with Gasteiger partial charge in [0.2, 0.25) is 5.91 Å². The summed E-state index contributed by atoms with van der Waals surface area (Å²) in [6.45, 7) is 2.48. The summed E-state index contributed by atoms with van der Waals surface area (Å²) in [5.74, 6) is -0.131. The summed E-state index contributed by atoms with van der Waals surface area (Å²) in [6.07, 6.45) is 0. The first-order valence-corrected chi connectivity index (χ1v) is 4.34. The lowest BCUT2D eigenvalue weighted by Gasteiger charge is -2.10. The Bertz CT molecular complexity index is 272. The molecule has 0 saturated carbocycles. The molecule has 0 aliphatic carbocycles. The normalized spacial score (nSPS) is 12.2. The minimum absolute atomic E-state index is 0.131. The summed E-state index contributed by atoms with van der Waals surface area (Å²) >= 11 is 0. The van der Waals surface area contributed by atoms with Gasteiger partial charge in [-0.15, -0.1) is 0 Å². The van der Waals surface area contributed by atoms with E-state index in [1.807, 2.05) is 37.3 Å². The molecule has 1 amide bonds. The highest BCUT2D eigenvalue weighted by Crippen LogP contribution is 2.08. The van der Waals surface area contributed by atoms with Crippen molar-refractivity contribution in [3.8, 4) is 0 Å². The highest BCUT2D eigenvalue weighted by molar-refractivity contribution is 5.82. The number of hydrogen-bond donors (Lipinski definition) is 2. The van der Waals surface area contributed by atoms with Gasteiger partial charge in [0.25, 0.3) is 0 Å². The van der Waals surface area contributed by atoms with Gasteiger partial charge in [-0.2, -0.15) is 0 Å². The van der Waals surface area contributed by atoms with Gasteiger partial charge in [0.05, 0.1) is 0 Å². The first kappa shape index (κ1) is 9.74.